The van der Waals surface area contributed by atoms with Gasteiger partial charge in [-0.1, -0.05) is 11.8 Å². The second-order valence-corrected chi connectivity index (χ2v) is 5.54. The number of hydrogen-bond acceptors (Lipinski definition) is 2. The van der Waals surface area contributed by atoms with Crippen molar-refractivity contribution in [2.75, 3.05) is 14.2 Å². The van der Waals surface area contributed by atoms with E-state index in [0.29, 0.717) is 0 Å². The number of aryl methyl sites for hydroxylation is 4. The summed E-state index contributed by atoms with van der Waals surface area (Å²) < 4.78 is 10.8. The van der Waals surface area contributed by atoms with Crippen molar-refractivity contribution < 1.29 is 9.47 Å². The monoisotopic (exact) mass is 294 g/mol. The Morgan fingerprint density at radius 3 is 1.09 bits per heavy atom. The van der Waals surface area contributed by atoms with Gasteiger partial charge in [0.25, 0.3) is 0 Å². The molecular formula is C20H22O2. The van der Waals surface area contributed by atoms with Crippen LogP contribution in [0.2, 0.25) is 0 Å². The van der Waals surface area contributed by atoms with E-state index < -0.39 is 0 Å². The average molecular weight is 294 g/mol. The van der Waals surface area contributed by atoms with Crippen LogP contribution in [0.5, 0.6) is 11.5 Å². The second kappa shape index (κ2) is 6.58. The highest BCUT2D eigenvalue weighted by Gasteiger charge is 2.05. The molecule has 2 aromatic carbocycles. The smallest absolute Gasteiger partial charge is 0.124 e. The lowest BCUT2D eigenvalue weighted by molar-refractivity contribution is 0.408. The van der Waals surface area contributed by atoms with E-state index in [9.17, 15) is 0 Å². The molecule has 114 valence electrons. The highest BCUT2D eigenvalue weighted by atomic mass is 16.5. The van der Waals surface area contributed by atoms with Crippen LogP contribution in [0.4, 0.5) is 0 Å². The minimum atomic E-state index is 0.932. The van der Waals surface area contributed by atoms with Crippen LogP contribution < -0.4 is 9.47 Å². The van der Waals surface area contributed by atoms with Crippen LogP contribution >= 0.6 is 0 Å². The lowest BCUT2D eigenvalue weighted by Gasteiger charge is -2.09. The number of rotatable bonds is 2. The Hall–Kier alpha value is -2.40. The average Bonchev–Trinajstić information content (AvgIpc) is 2.44. The number of benzene rings is 2. The molecule has 0 aromatic heterocycles. The summed E-state index contributed by atoms with van der Waals surface area (Å²) in [4.78, 5) is 0. The van der Waals surface area contributed by atoms with E-state index in [1.165, 1.54) is 0 Å². The van der Waals surface area contributed by atoms with Crippen molar-refractivity contribution in [1.82, 2.24) is 0 Å². The van der Waals surface area contributed by atoms with Gasteiger partial charge in [0.2, 0.25) is 0 Å². The lowest BCUT2D eigenvalue weighted by atomic mass is 10.0. The van der Waals surface area contributed by atoms with Crippen LogP contribution in [0, 0.1) is 39.5 Å². The van der Waals surface area contributed by atoms with Gasteiger partial charge in [0.15, 0.2) is 0 Å². The molecule has 0 radical (unpaired) electrons. The van der Waals surface area contributed by atoms with Gasteiger partial charge >= 0.3 is 0 Å². The Morgan fingerprint density at radius 2 is 0.864 bits per heavy atom. The van der Waals surface area contributed by atoms with Gasteiger partial charge in [-0.25, -0.2) is 0 Å². The molecule has 0 heterocycles. The van der Waals surface area contributed by atoms with Gasteiger partial charge in [-0.15, -0.1) is 0 Å². The largest absolute Gasteiger partial charge is 0.496 e. The fraction of sp³-hybridized carbons (Fsp3) is 0.300. The van der Waals surface area contributed by atoms with Crippen molar-refractivity contribution >= 4 is 0 Å². The summed E-state index contributed by atoms with van der Waals surface area (Å²) in [6.07, 6.45) is 0. The fourth-order valence-corrected chi connectivity index (χ4v) is 2.83. The summed E-state index contributed by atoms with van der Waals surface area (Å²) in [6, 6.07) is 8.23. The summed E-state index contributed by atoms with van der Waals surface area (Å²) in [5.41, 5.74) is 6.43. The molecule has 2 heteroatoms. The van der Waals surface area contributed by atoms with Crippen molar-refractivity contribution in [2.24, 2.45) is 0 Å². The molecule has 0 bridgehead atoms. The van der Waals surface area contributed by atoms with E-state index in [1.807, 2.05) is 27.7 Å². The highest BCUT2D eigenvalue weighted by molar-refractivity contribution is 5.53. The third-order valence-corrected chi connectivity index (χ3v) is 3.68. The van der Waals surface area contributed by atoms with E-state index in [-0.39, 0.29) is 0 Å². The van der Waals surface area contributed by atoms with Gasteiger partial charge < -0.3 is 9.47 Å². The SMILES string of the molecule is COc1c(C)cc(C#Cc2cc(C)c(OC)c(C)c2)cc1C. The Labute approximate surface area is 133 Å². The number of ether oxygens (including phenoxy) is 2. The second-order valence-electron chi connectivity index (χ2n) is 5.54. The quantitative estimate of drug-likeness (QED) is 0.767. The number of methoxy groups -OCH3 is 2. The Balaban J connectivity index is 2.39. The molecule has 0 atom stereocenters. The molecule has 0 aliphatic rings. The first-order valence-electron chi connectivity index (χ1n) is 7.28. The molecule has 2 nitrogen and oxygen atoms in total. The van der Waals surface area contributed by atoms with Gasteiger partial charge in [-0.05, 0) is 74.2 Å². The molecule has 0 fully saturated rings. The van der Waals surface area contributed by atoms with Crippen LogP contribution in [-0.4, -0.2) is 14.2 Å². The van der Waals surface area contributed by atoms with E-state index in [0.717, 1.165) is 44.9 Å². The maximum atomic E-state index is 5.39. The standard InChI is InChI=1S/C20H22O2/c1-13-9-17(10-14(2)19(13)21-5)7-8-18-11-15(3)20(22-6)16(4)12-18/h9-12H,1-6H3. The minimum absolute atomic E-state index is 0.932. The van der Waals surface area contributed by atoms with Gasteiger partial charge in [-0.2, -0.15) is 0 Å². The zero-order valence-electron chi connectivity index (χ0n) is 14.1. The molecular weight excluding hydrogens is 272 g/mol. The molecule has 0 aliphatic heterocycles. The first kappa shape index (κ1) is 16.0. The van der Waals surface area contributed by atoms with E-state index >= 15 is 0 Å². The summed E-state index contributed by atoms with van der Waals surface area (Å²) >= 11 is 0. The third kappa shape index (κ3) is 3.26. The predicted molar refractivity (Wildman–Crippen MR) is 90.9 cm³/mol. The summed E-state index contributed by atoms with van der Waals surface area (Å²) in [6.45, 7) is 8.16. The van der Waals surface area contributed by atoms with Crippen LogP contribution in [0.15, 0.2) is 24.3 Å². The predicted octanol–water partition coefficient (Wildman–Crippen LogP) is 4.34. The molecule has 0 amide bonds. The molecule has 22 heavy (non-hydrogen) atoms. The van der Waals surface area contributed by atoms with Gasteiger partial charge in [-0.3, -0.25) is 0 Å². The molecule has 0 unspecified atom stereocenters. The minimum Gasteiger partial charge on any atom is -0.496 e. The van der Waals surface area contributed by atoms with Crippen LogP contribution in [0.25, 0.3) is 0 Å². The highest BCUT2D eigenvalue weighted by Crippen LogP contribution is 2.25. The van der Waals surface area contributed by atoms with E-state index in [2.05, 4.69) is 36.1 Å². The Morgan fingerprint density at radius 1 is 0.591 bits per heavy atom. The summed E-state index contributed by atoms with van der Waals surface area (Å²) in [7, 11) is 3.40. The van der Waals surface area contributed by atoms with Crippen molar-refractivity contribution in [3.05, 3.63) is 57.6 Å². The van der Waals surface area contributed by atoms with Crippen LogP contribution in [0.3, 0.4) is 0 Å². The molecule has 0 saturated carbocycles. The topological polar surface area (TPSA) is 18.5 Å². The molecule has 0 aliphatic carbocycles. The van der Waals surface area contributed by atoms with Gasteiger partial charge in [0, 0.05) is 11.1 Å². The van der Waals surface area contributed by atoms with E-state index in [1.54, 1.807) is 14.2 Å². The van der Waals surface area contributed by atoms with Crippen molar-refractivity contribution in [1.29, 1.82) is 0 Å². The van der Waals surface area contributed by atoms with Gasteiger partial charge in [0.1, 0.15) is 11.5 Å². The molecule has 2 rings (SSSR count). The first-order valence-corrected chi connectivity index (χ1v) is 7.28. The Kier molecular flexibility index (Phi) is 4.78. The maximum Gasteiger partial charge on any atom is 0.124 e. The first-order chi connectivity index (χ1) is 10.5. The van der Waals surface area contributed by atoms with Crippen LogP contribution in [0.1, 0.15) is 33.4 Å². The fourth-order valence-electron chi connectivity index (χ4n) is 2.83. The molecule has 0 spiro atoms. The normalized spacial score (nSPS) is 9.91. The van der Waals surface area contributed by atoms with Gasteiger partial charge in [0.05, 0.1) is 14.2 Å². The zero-order chi connectivity index (χ0) is 16.3. The summed E-state index contributed by atoms with van der Waals surface area (Å²) in [5, 5.41) is 0. The Bertz CT molecular complexity index is 651. The van der Waals surface area contributed by atoms with Crippen molar-refractivity contribution in [3.8, 4) is 23.3 Å². The molecule has 0 N–H and O–H groups in total. The number of hydrogen-bond donors (Lipinski definition) is 0. The zero-order valence-corrected chi connectivity index (χ0v) is 14.1. The van der Waals surface area contributed by atoms with Crippen molar-refractivity contribution in [2.45, 2.75) is 27.7 Å². The maximum absolute atomic E-state index is 5.39. The third-order valence-electron chi connectivity index (χ3n) is 3.68. The lowest BCUT2D eigenvalue weighted by Crippen LogP contribution is -1.93. The van der Waals surface area contributed by atoms with Crippen LogP contribution in [-0.2, 0) is 0 Å². The summed E-state index contributed by atoms with van der Waals surface area (Å²) in [5.74, 6) is 8.34. The molecule has 0 saturated heterocycles. The molecule has 2 aromatic rings. The van der Waals surface area contributed by atoms with Crippen molar-refractivity contribution in [3.63, 3.8) is 0 Å². The van der Waals surface area contributed by atoms with E-state index in [4.69, 9.17) is 9.47 Å².